The first kappa shape index (κ1) is 23.1. The standard InChI is InChI=1S/C28H26Cl2FN3/c29-22-7-1-19(2-8-22)13-15-34-16-14-25(26(18-34)20-5-11-24(31)12-6-20)28-17-27(32-33-28)21-3-9-23(30)10-4-21/h1-12,17,25-26H,13-16,18H2,(H,32,33). The Kier molecular flexibility index (Phi) is 7.00. The molecule has 3 nitrogen and oxygen atoms in total. The topological polar surface area (TPSA) is 31.9 Å². The molecule has 0 spiro atoms. The average Bonchev–Trinajstić information content (AvgIpc) is 3.35. The van der Waals surface area contributed by atoms with Crippen molar-refractivity contribution in [2.24, 2.45) is 0 Å². The molecule has 1 saturated heterocycles. The van der Waals surface area contributed by atoms with E-state index in [2.05, 4.69) is 33.3 Å². The normalized spacial score (nSPS) is 18.8. The number of rotatable bonds is 6. The maximum atomic E-state index is 13.7. The molecule has 1 aliphatic heterocycles. The Balaban J connectivity index is 1.35. The zero-order valence-electron chi connectivity index (χ0n) is 18.7. The van der Waals surface area contributed by atoms with Crippen molar-refractivity contribution >= 4 is 23.2 Å². The number of aromatic nitrogens is 2. The van der Waals surface area contributed by atoms with Crippen LogP contribution < -0.4 is 0 Å². The van der Waals surface area contributed by atoms with E-state index in [-0.39, 0.29) is 17.7 Å². The monoisotopic (exact) mass is 493 g/mol. The van der Waals surface area contributed by atoms with Crippen LogP contribution in [0.4, 0.5) is 4.39 Å². The van der Waals surface area contributed by atoms with Gasteiger partial charge in [-0.15, -0.1) is 0 Å². The first-order chi connectivity index (χ1) is 16.5. The van der Waals surface area contributed by atoms with Crippen LogP contribution in [0.5, 0.6) is 0 Å². The molecule has 3 aromatic carbocycles. The zero-order valence-corrected chi connectivity index (χ0v) is 20.2. The summed E-state index contributed by atoms with van der Waals surface area (Å²) < 4.78 is 13.7. The minimum Gasteiger partial charge on any atom is -0.302 e. The van der Waals surface area contributed by atoms with E-state index in [0.29, 0.717) is 5.02 Å². The molecule has 5 rings (SSSR count). The molecule has 2 heterocycles. The molecule has 0 radical (unpaired) electrons. The molecule has 174 valence electrons. The van der Waals surface area contributed by atoms with Crippen LogP contribution in [0.3, 0.4) is 0 Å². The molecule has 1 fully saturated rings. The van der Waals surface area contributed by atoms with Crippen molar-refractivity contribution in [1.29, 1.82) is 0 Å². The Hall–Kier alpha value is -2.66. The third-order valence-electron chi connectivity index (χ3n) is 6.76. The summed E-state index contributed by atoms with van der Waals surface area (Å²) in [6.07, 6.45) is 1.98. The van der Waals surface area contributed by atoms with E-state index in [1.54, 1.807) is 12.1 Å². The van der Waals surface area contributed by atoms with Crippen LogP contribution >= 0.6 is 23.2 Å². The maximum Gasteiger partial charge on any atom is 0.123 e. The smallest absolute Gasteiger partial charge is 0.123 e. The summed E-state index contributed by atoms with van der Waals surface area (Å²) in [5.41, 5.74) is 5.51. The second-order valence-corrected chi connectivity index (χ2v) is 9.82. The van der Waals surface area contributed by atoms with E-state index in [9.17, 15) is 4.39 Å². The number of halogens is 3. The van der Waals surface area contributed by atoms with Gasteiger partial charge in [0.15, 0.2) is 0 Å². The molecule has 4 aromatic rings. The average molecular weight is 494 g/mol. The lowest BCUT2D eigenvalue weighted by Crippen LogP contribution is -2.39. The van der Waals surface area contributed by atoms with Gasteiger partial charge >= 0.3 is 0 Å². The second kappa shape index (κ2) is 10.3. The predicted octanol–water partition coefficient (Wildman–Crippen LogP) is 7.34. The number of aromatic amines is 1. The van der Waals surface area contributed by atoms with E-state index in [1.165, 1.54) is 5.56 Å². The van der Waals surface area contributed by atoms with Gasteiger partial charge in [0, 0.05) is 46.2 Å². The summed E-state index contributed by atoms with van der Waals surface area (Å²) in [5, 5.41) is 9.35. The molecule has 6 heteroatoms. The summed E-state index contributed by atoms with van der Waals surface area (Å²) in [5.74, 6) is 0.325. The highest BCUT2D eigenvalue weighted by molar-refractivity contribution is 6.30. The summed E-state index contributed by atoms with van der Waals surface area (Å²) in [6.45, 7) is 2.90. The van der Waals surface area contributed by atoms with Gasteiger partial charge in [0.1, 0.15) is 5.82 Å². The number of H-pyrrole nitrogens is 1. The number of benzene rings is 3. The van der Waals surface area contributed by atoms with Crippen molar-refractivity contribution in [2.45, 2.75) is 24.7 Å². The SMILES string of the molecule is Fc1ccc(C2CN(CCc3ccc(Cl)cc3)CCC2c2cc(-c3ccc(Cl)cc3)n[nH]2)cc1. The number of piperidine rings is 1. The second-order valence-electron chi connectivity index (χ2n) is 8.95. The highest BCUT2D eigenvalue weighted by Crippen LogP contribution is 2.40. The molecule has 2 atom stereocenters. The fourth-order valence-electron chi connectivity index (χ4n) is 4.88. The molecule has 1 aromatic heterocycles. The Morgan fingerprint density at radius 3 is 2.26 bits per heavy atom. The predicted molar refractivity (Wildman–Crippen MR) is 137 cm³/mol. The van der Waals surface area contributed by atoms with Crippen LogP contribution in [0.2, 0.25) is 10.0 Å². The lowest BCUT2D eigenvalue weighted by molar-refractivity contribution is 0.189. The Bertz CT molecular complexity index is 1220. The van der Waals surface area contributed by atoms with Crippen LogP contribution in [-0.4, -0.2) is 34.7 Å². The fourth-order valence-corrected chi connectivity index (χ4v) is 5.13. The third-order valence-corrected chi connectivity index (χ3v) is 7.27. The van der Waals surface area contributed by atoms with Crippen molar-refractivity contribution in [3.8, 4) is 11.3 Å². The zero-order chi connectivity index (χ0) is 23.5. The van der Waals surface area contributed by atoms with Crippen molar-refractivity contribution in [3.63, 3.8) is 0 Å². The van der Waals surface area contributed by atoms with Gasteiger partial charge in [-0.3, -0.25) is 5.10 Å². The van der Waals surface area contributed by atoms with E-state index < -0.39 is 0 Å². The quantitative estimate of drug-likeness (QED) is 0.304. The number of hydrogen-bond acceptors (Lipinski definition) is 2. The van der Waals surface area contributed by atoms with E-state index >= 15 is 0 Å². The molecular weight excluding hydrogens is 468 g/mol. The molecular formula is C28H26Cl2FN3. The van der Waals surface area contributed by atoms with E-state index in [1.807, 2.05) is 48.5 Å². The lowest BCUT2D eigenvalue weighted by Gasteiger charge is -2.38. The lowest BCUT2D eigenvalue weighted by atomic mass is 9.78. The van der Waals surface area contributed by atoms with Crippen molar-refractivity contribution in [1.82, 2.24) is 15.1 Å². The molecule has 0 aliphatic carbocycles. The highest BCUT2D eigenvalue weighted by atomic mass is 35.5. The van der Waals surface area contributed by atoms with Crippen LogP contribution in [0.1, 0.15) is 35.1 Å². The molecule has 34 heavy (non-hydrogen) atoms. The van der Waals surface area contributed by atoms with Gasteiger partial charge in [0.25, 0.3) is 0 Å². The van der Waals surface area contributed by atoms with E-state index in [0.717, 1.165) is 60.0 Å². The van der Waals surface area contributed by atoms with Gasteiger partial charge in [0.2, 0.25) is 0 Å². The first-order valence-electron chi connectivity index (χ1n) is 11.6. The van der Waals surface area contributed by atoms with Gasteiger partial charge in [-0.2, -0.15) is 5.10 Å². The molecule has 1 aliphatic rings. The van der Waals surface area contributed by atoms with Crippen LogP contribution in [0.15, 0.2) is 78.9 Å². The number of hydrogen-bond donors (Lipinski definition) is 1. The summed E-state index contributed by atoms with van der Waals surface area (Å²) in [7, 11) is 0. The third kappa shape index (κ3) is 5.35. The Morgan fingerprint density at radius 2 is 1.56 bits per heavy atom. The van der Waals surface area contributed by atoms with Crippen LogP contribution in [0.25, 0.3) is 11.3 Å². The number of likely N-dealkylation sites (tertiary alicyclic amines) is 1. The van der Waals surface area contributed by atoms with Crippen molar-refractivity contribution in [3.05, 3.63) is 112 Å². The maximum absolute atomic E-state index is 13.7. The van der Waals surface area contributed by atoms with Gasteiger partial charge in [0.05, 0.1) is 5.69 Å². The Morgan fingerprint density at radius 1 is 0.882 bits per heavy atom. The van der Waals surface area contributed by atoms with Crippen molar-refractivity contribution in [2.75, 3.05) is 19.6 Å². The first-order valence-corrected chi connectivity index (χ1v) is 12.3. The van der Waals surface area contributed by atoms with Crippen LogP contribution in [-0.2, 0) is 6.42 Å². The molecule has 1 N–H and O–H groups in total. The fraction of sp³-hybridized carbons (Fsp3) is 0.250. The highest BCUT2D eigenvalue weighted by Gasteiger charge is 2.32. The summed E-state index contributed by atoms with van der Waals surface area (Å²) in [6, 6.07) is 24.9. The van der Waals surface area contributed by atoms with Gasteiger partial charge < -0.3 is 4.90 Å². The van der Waals surface area contributed by atoms with Gasteiger partial charge in [-0.1, -0.05) is 59.6 Å². The minimum absolute atomic E-state index is 0.206. The largest absolute Gasteiger partial charge is 0.302 e. The Labute approximate surface area is 209 Å². The van der Waals surface area contributed by atoms with Gasteiger partial charge in [-0.05, 0) is 73.0 Å². The molecule has 0 saturated carbocycles. The minimum atomic E-state index is -0.206. The van der Waals surface area contributed by atoms with Crippen molar-refractivity contribution < 1.29 is 4.39 Å². The van der Waals surface area contributed by atoms with E-state index in [4.69, 9.17) is 23.2 Å². The van der Waals surface area contributed by atoms with Gasteiger partial charge in [-0.25, -0.2) is 4.39 Å². The summed E-state index contributed by atoms with van der Waals surface area (Å²) >= 11 is 12.1. The molecule has 0 bridgehead atoms. The molecule has 2 unspecified atom stereocenters. The number of nitrogens with one attached hydrogen (secondary N) is 1. The molecule has 0 amide bonds. The summed E-state index contributed by atoms with van der Waals surface area (Å²) in [4.78, 5) is 2.51. The van der Waals surface area contributed by atoms with Crippen LogP contribution in [0, 0.1) is 5.82 Å². The number of nitrogens with zero attached hydrogens (tertiary/aromatic N) is 2.